The summed E-state index contributed by atoms with van der Waals surface area (Å²) >= 11 is 5.69. The fourth-order valence-corrected chi connectivity index (χ4v) is 4.34. The number of hydrogen-bond donors (Lipinski definition) is 3. The van der Waals surface area contributed by atoms with Gasteiger partial charge in [0.25, 0.3) is 0 Å². The molecular weight excluding hydrogens is 354 g/mol. The number of nitrogens with one attached hydrogen (secondary N) is 3. The van der Waals surface area contributed by atoms with Gasteiger partial charge in [-0.25, -0.2) is 0 Å². The Morgan fingerprint density at radius 1 is 1.46 bits per heavy atom. The highest BCUT2D eigenvalue weighted by Crippen LogP contribution is 2.45. The number of aromatic amines is 1. The van der Waals surface area contributed by atoms with E-state index in [9.17, 15) is 4.79 Å². The predicted molar refractivity (Wildman–Crippen MR) is 98.1 cm³/mol. The Bertz CT molecular complexity index is 758. The number of amidine groups is 2. The van der Waals surface area contributed by atoms with Gasteiger partial charge in [0.2, 0.25) is 5.29 Å². The van der Waals surface area contributed by atoms with Gasteiger partial charge in [0.15, 0.2) is 5.84 Å². The fraction of sp³-hybridized carbons (Fsp3) is 0.556. The number of esters is 1. The van der Waals surface area contributed by atoms with Crippen LogP contribution in [0, 0.1) is 34.5 Å². The van der Waals surface area contributed by atoms with Crippen LogP contribution in [0.4, 0.5) is 0 Å². The standard InChI is InChI=1S/C18H22ClN5O2/c1-2-26-17(25)14-11-3-5-12(6-4-11)15(14)23-16(24-18(19)21)13-7-10(8-20)9-22-13/h7,9,11-12,14-15,22H,2-6H2,1H3,(H2,21,23,24)/t11?,12?,14-,15-/m0/s1. The van der Waals surface area contributed by atoms with E-state index in [4.69, 9.17) is 27.0 Å². The van der Waals surface area contributed by atoms with E-state index < -0.39 is 0 Å². The molecule has 4 rings (SSSR count). The molecule has 0 unspecified atom stereocenters. The van der Waals surface area contributed by atoms with Crippen LogP contribution in [0.25, 0.3) is 0 Å². The summed E-state index contributed by atoms with van der Waals surface area (Å²) in [6.45, 7) is 2.17. The molecule has 3 saturated carbocycles. The largest absolute Gasteiger partial charge is 0.466 e. The molecule has 2 atom stereocenters. The number of carbonyl (C=O) groups excluding carboxylic acids is 1. The molecule has 1 aromatic rings. The van der Waals surface area contributed by atoms with Crippen LogP contribution in [0.15, 0.2) is 17.3 Å². The van der Waals surface area contributed by atoms with Crippen molar-refractivity contribution in [2.75, 3.05) is 6.61 Å². The van der Waals surface area contributed by atoms with Crippen molar-refractivity contribution in [1.82, 2.24) is 10.3 Å². The Kier molecular flexibility index (Phi) is 5.62. The fourth-order valence-electron chi connectivity index (χ4n) is 4.26. The summed E-state index contributed by atoms with van der Waals surface area (Å²) in [6, 6.07) is 3.58. The second-order valence-electron chi connectivity index (χ2n) is 6.79. The van der Waals surface area contributed by atoms with Crippen molar-refractivity contribution in [2.24, 2.45) is 22.7 Å². The minimum absolute atomic E-state index is 0.120. The van der Waals surface area contributed by atoms with E-state index in [1.54, 1.807) is 12.3 Å². The van der Waals surface area contributed by atoms with Gasteiger partial charge in [-0.2, -0.15) is 10.3 Å². The summed E-state index contributed by atoms with van der Waals surface area (Å²) in [6.07, 6.45) is 5.74. The van der Waals surface area contributed by atoms with Crippen molar-refractivity contribution >= 4 is 28.7 Å². The number of hydrogen-bond acceptors (Lipinski definition) is 4. The van der Waals surface area contributed by atoms with E-state index in [2.05, 4.69) is 21.4 Å². The van der Waals surface area contributed by atoms with Gasteiger partial charge in [-0.3, -0.25) is 10.2 Å². The second-order valence-corrected chi connectivity index (χ2v) is 7.15. The molecule has 0 amide bonds. The van der Waals surface area contributed by atoms with Crippen LogP contribution in [0.2, 0.25) is 0 Å². The molecular formula is C18H22ClN5O2. The molecule has 0 saturated heterocycles. The molecule has 1 aromatic heterocycles. The number of nitriles is 1. The van der Waals surface area contributed by atoms with Crippen molar-refractivity contribution in [3.63, 3.8) is 0 Å². The third kappa shape index (κ3) is 3.75. The third-order valence-electron chi connectivity index (χ3n) is 5.36. The maximum absolute atomic E-state index is 12.6. The molecule has 3 fully saturated rings. The zero-order valence-electron chi connectivity index (χ0n) is 14.6. The first-order chi connectivity index (χ1) is 12.5. The number of fused-ring (bicyclic) bond motifs is 3. The van der Waals surface area contributed by atoms with Gasteiger partial charge < -0.3 is 15.0 Å². The molecule has 1 heterocycles. The Morgan fingerprint density at radius 2 is 2.15 bits per heavy atom. The lowest BCUT2D eigenvalue weighted by atomic mass is 9.61. The zero-order chi connectivity index (χ0) is 18.7. The summed E-state index contributed by atoms with van der Waals surface area (Å²) in [5, 5.41) is 19.5. The van der Waals surface area contributed by atoms with Gasteiger partial charge in [0.05, 0.1) is 23.8 Å². The highest BCUT2D eigenvalue weighted by molar-refractivity contribution is 6.64. The van der Waals surface area contributed by atoms with Gasteiger partial charge in [-0.05, 0) is 62.1 Å². The van der Waals surface area contributed by atoms with Gasteiger partial charge in [-0.15, -0.1) is 0 Å². The molecule has 26 heavy (non-hydrogen) atoms. The number of H-pyrrole nitrogens is 1. The first kappa shape index (κ1) is 18.5. The van der Waals surface area contributed by atoms with Crippen LogP contribution in [0.1, 0.15) is 43.9 Å². The number of aliphatic imine (C=N–C) groups is 1. The first-order valence-corrected chi connectivity index (χ1v) is 9.26. The average Bonchev–Trinajstić information content (AvgIpc) is 3.11. The summed E-state index contributed by atoms with van der Waals surface area (Å²) in [5.74, 6) is 0.603. The van der Waals surface area contributed by atoms with E-state index in [1.165, 1.54) is 0 Å². The van der Waals surface area contributed by atoms with Crippen LogP contribution in [-0.2, 0) is 9.53 Å². The number of rotatable bonds is 4. The molecule has 0 spiro atoms. The molecule has 7 nitrogen and oxygen atoms in total. The third-order valence-corrected chi connectivity index (χ3v) is 5.44. The maximum Gasteiger partial charge on any atom is 0.311 e. The molecule has 3 N–H and O–H groups in total. The van der Waals surface area contributed by atoms with Crippen LogP contribution >= 0.6 is 11.6 Å². The highest BCUT2D eigenvalue weighted by atomic mass is 35.5. The number of halogens is 1. The molecule has 0 aromatic carbocycles. The summed E-state index contributed by atoms with van der Waals surface area (Å²) < 4.78 is 5.32. The number of ether oxygens (including phenoxy) is 1. The van der Waals surface area contributed by atoms with E-state index in [0.29, 0.717) is 35.5 Å². The minimum atomic E-state index is -0.366. The first-order valence-electron chi connectivity index (χ1n) is 8.88. The predicted octanol–water partition coefficient (Wildman–Crippen LogP) is 2.76. The monoisotopic (exact) mass is 375 g/mol. The molecule has 3 aliphatic rings. The van der Waals surface area contributed by atoms with Crippen molar-refractivity contribution in [2.45, 2.75) is 38.6 Å². The van der Waals surface area contributed by atoms with Crippen molar-refractivity contribution in [1.29, 1.82) is 10.7 Å². The lowest BCUT2D eigenvalue weighted by molar-refractivity contribution is -0.155. The normalized spacial score (nSPS) is 27.7. The maximum atomic E-state index is 12.6. The smallest absolute Gasteiger partial charge is 0.311 e. The number of nitrogens with zero attached hydrogens (tertiary/aromatic N) is 2. The molecule has 0 aliphatic heterocycles. The Hall–Kier alpha value is -2.33. The molecule has 0 radical (unpaired) electrons. The molecule has 2 bridgehead atoms. The molecule has 8 heteroatoms. The van der Waals surface area contributed by atoms with E-state index in [0.717, 1.165) is 25.7 Å². The molecule has 138 valence electrons. The van der Waals surface area contributed by atoms with Crippen LogP contribution in [0.5, 0.6) is 0 Å². The van der Waals surface area contributed by atoms with Gasteiger partial charge >= 0.3 is 5.97 Å². The Morgan fingerprint density at radius 3 is 2.73 bits per heavy atom. The van der Waals surface area contributed by atoms with Gasteiger partial charge in [0.1, 0.15) is 6.07 Å². The highest BCUT2D eigenvalue weighted by Gasteiger charge is 2.48. The quantitative estimate of drug-likeness (QED) is 0.325. The summed E-state index contributed by atoms with van der Waals surface area (Å²) in [5.41, 5.74) is 1.03. The minimum Gasteiger partial charge on any atom is -0.466 e. The van der Waals surface area contributed by atoms with Crippen molar-refractivity contribution < 1.29 is 9.53 Å². The van der Waals surface area contributed by atoms with Crippen LogP contribution in [-0.4, -0.2) is 34.7 Å². The lowest BCUT2D eigenvalue weighted by Gasteiger charge is -2.47. The van der Waals surface area contributed by atoms with Crippen LogP contribution < -0.4 is 5.32 Å². The van der Waals surface area contributed by atoms with Crippen LogP contribution in [0.3, 0.4) is 0 Å². The summed E-state index contributed by atoms with van der Waals surface area (Å²) in [4.78, 5) is 19.6. The van der Waals surface area contributed by atoms with E-state index in [-0.39, 0.29) is 23.2 Å². The summed E-state index contributed by atoms with van der Waals surface area (Å²) in [7, 11) is 0. The number of carbonyl (C=O) groups is 1. The molecule has 3 aliphatic carbocycles. The van der Waals surface area contributed by atoms with Gasteiger partial charge in [-0.1, -0.05) is 0 Å². The van der Waals surface area contributed by atoms with Gasteiger partial charge in [0, 0.05) is 12.2 Å². The number of aromatic nitrogens is 1. The van der Waals surface area contributed by atoms with Crippen molar-refractivity contribution in [3.8, 4) is 6.07 Å². The SMILES string of the molecule is CCOC(=O)[C@H]1C2CCC(CC2)[C@@H]1N/C(=N/C(=N)Cl)c1cc(C#N)c[nH]1. The Labute approximate surface area is 157 Å². The topological polar surface area (TPSA) is 114 Å². The second kappa shape index (κ2) is 7.92. The lowest BCUT2D eigenvalue weighted by Crippen LogP contribution is -2.56. The Balaban J connectivity index is 1.89. The van der Waals surface area contributed by atoms with E-state index >= 15 is 0 Å². The van der Waals surface area contributed by atoms with Crippen molar-refractivity contribution in [3.05, 3.63) is 23.5 Å². The average molecular weight is 376 g/mol. The zero-order valence-corrected chi connectivity index (χ0v) is 15.3. The van der Waals surface area contributed by atoms with E-state index in [1.807, 2.05) is 6.92 Å².